The molecule has 0 radical (unpaired) electrons. The number of benzene rings is 2. The molecule has 21 heavy (non-hydrogen) atoms. The van der Waals surface area contributed by atoms with E-state index < -0.39 is 0 Å². The molecule has 0 aliphatic rings. The highest BCUT2D eigenvalue weighted by Gasteiger charge is 2.20. The van der Waals surface area contributed by atoms with Gasteiger partial charge in [0.05, 0.1) is 5.56 Å². The number of nitrogens with two attached hydrogens (primary N) is 1. The standard InChI is InChI=1S/C16H12BrFN2O/c1-9-4-2-3-5-11(9)14-15(21-20-16(14)19)12-7-6-10(18)8-13(12)17/h2-8H,1H3,(H2,19,20). The topological polar surface area (TPSA) is 52.0 Å². The molecule has 0 bridgehead atoms. The van der Waals surface area contributed by atoms with Gasteiger partial charge in [0.15, 0.2) is 11.6 Å². The summed E-state index contributed by atoms with van der Waals surface area (Å²) in [5.74, 6) is 0.514. The molecule has 0 aliphatic heterocycles. The van der Waals surface area contributed by atoms with E-state index in [9.17, 15) is 4.39 Å². The highest BCUT2D eigenvalue weighted by Crippen LogP contribution is 2.40. The van der Waals surface area contributed by atoms with Crippen LogP contribution in [0.5, 0.6) is 0 Å². The molecule has 2 N–H and O–H groups in total. The lowest BCUT2D eigenvalue weighted by molar-refractivity contribution is 0.436. The van der Waals surface area contributed by atoms with E-state index in [2.05, 4.69) is 21.1 Å². The van der Waals surface area contributed by atoms with Gasteiger partial charge in [0.1, 0.15) is 5.82 Å². The van der Waals surface area contributed by atoms with Crippen LogP contribution in [0.25, 0.3) is 22.5 Å². The van der Waals surface area contributed by atoms with E-state index in [-0.39, 0.29) is 5.82 Å². The second kappa shape index (κ2) is 5.33. The van der Waals surface area contributed by atoms with Gasteiger partial charge >= 0.3 is 0 Å². The summed E-state index contributed by atoms with van der Waals surface area (Å²) in [5, 5.41) is 3.86. The molecule has 1 aromatic heterocycles. The minimum absolute atomic E-state index is 0.315. The molecule has 3 aromatic rings. The minimum Gasteiger partial charge on any atom is -0.380 e. The van der Waals surface area contributed by atoms with Crippen LogP contribution in [0.4, 0.5) is 10.2 Å². The lowest BCUT2D eigenvalue weighted by Gasteiger charge is -2.07. The Labute approximate surface area is 129 Å². The summed E-state index contributed by atoms with van der Waals surface area (Å²) in [6.07, 6.45) is 0. The lowest BCUT2D eigenvalue weighted by Crippen LogP contribution is -1.91. The Balaban J connectivity index is 2.25. The van der Waals surface area contributed by atoms with Crippen molar-refractivity contribution in [1.29, 1.82) is 0 Å². The van der Waals surface area contributed by atoms with Crippen molar-refractivity contribution < 1.29 is 8.91 Å². The average molecular weight is 347 g/mol. The van der Waals surface area contributed by atoms with Crippen molar-refractivity contribution in [3.05, 3.63) is 58.3 Å². The first-order valence-corrected chi connectivity index (χ1v) is 7.14. The molecular weight excluding hydrogens is 335 g/mol. The van der Waals surface area contributed by atoms with Gasteiger partial charge in [0, 0.05) is 10.0 Å². The monoisotopic (exact) mass is 346 g/mol. The third-order valence-electron chi connectivity index (χ3n) is 3.31. The number of halogens is 2. The lowest BCUT2D eigenvalue weighted by atomic mass is 9.98. The van der Waals surface area contributed by atoms with Gasteiger partial charge in [0.25, 0.3) is 0 Å². The molecule has 0 saturated carbocycles. The van der Waals surface area contributed by atoms with Gasteiger partial charge in [-0.05, 0) is 52.2 Å². The van der Waals surface area contributed by atoms with Crippen molar-refractivity contribution in [2.45, 2.75) is 6.92 Å². The second-order valence-electron chi connectivity index (χ2n) is 4.71. The van der Waals surface area contributed by atoms with Crippen LogP contribution in [-0.4, -0.2) is 5.16 Å². The van der Waals surface area contributed by atoms with Gasteiger partial charge in [-0.2, -0.15) is 0 Å². The Morgan fingerprint density at radius 1 is 1.14 bits per heavy atom. The number of nitrogen functional groups attached to an aromatic ring is 1. The zero-order valence-electron chi connectivity index (χ0n) is 11.2. The Hall–Kier alpha value is -2.14. The van der Waals surface area contributed by atoms with Crippen molar-refractivity contribution in [3.63, 3.8) is 0 Å². The van der Waals surface area contributed by atoms with Crippen LogP contribution in [0.1, 0.15) is 5.56 Å². The minimum atomic E-state index is -0.324. The summed E-state index contributed by atoms with van der Waals surface area (Å²) in [6.45, 7) is 1.99. The molecule has 0 amide bonds. The van der Waals surface area contributed by atoms with Gasteiger partial charge < -0.3 is 10.3 Å². The first-order valence-electron chi connectivity index (χ1n) is 6.34. The summed E-state index contributed by atoms with van der Waals surface area (Å²) in [5.41, 5.74) is 9.40. The third-order valence-corrected chi connectivity index (χ3v) is 3.96. The molecule has 1 heterocycles. The Morgan fingerprint density at radius 3 is 2.62 bits per heavy atom. The number of hydrogen-bond acceptors (Lipinski definition) is 3. The van der Waals surface area contributed by atoms with Crippen molar-refractivity contribution in [3.8, 4) is 22.5 Å². The molecule has 106 valence electrons. The highest BCUT2D eigenvalue weighted by atomic mass is 79.9. The number of rotatable bonds is 2. The van der Waals surface area contributed by atoms with Crippen molar-refractivity contribution in [2.24, 2.45) is 0 Å². The largest absolute Gasteiger partial charge is 0.380 e. The summed E-state index contributed by atoms with van der Waals surface area (Å²) in [4.78, 5) is 0. The van der Waals surface area contributed by atoms with E-state index in [1.807, 2.05) is 31.2 Å². The van der Waals surface area contributed by atoms with E-state index in [1.54, 1.807) is 6.07 Å². The Bertz CT molecular complexity index is 814. The quantitative estimate of drug-likeness (QED) is 0.724. The fraction of sp³-hybridized carbons (Fsp3) is 0.0625. The van der Waals surface area contributed by atoms with E-state index in [0.717, 1.165) is 16.7 Å². The van der Waals surface area contributed by atoms with Crippen molar-refractivity contribution in [1.82, 2.24) is 5.16 Å². The van der Waals surface area contributed by atoms with Crippen LogP contribution in [0.15, 0.2) is 51.5 Å². The smallest absolute Gasteiger partial charge is 0.178 e. The number of anilines is 1. The maximum Gasteiger partial charge on any atom is 0.178 e. The fourth-order valence-electron chi connectivity index (χ4n) is 2.27. The molecule has 0 spiro atoms. The zero-order valence-corrected chi connectivity index (χ0v) is 12.8. The van der Waals surface area contributed by atoms with E-state index >= 15 is 0 Å². The van der Waals surface area contributed by atoms with Crippen LogP contribution in [0.2, 0.25) is 0 Å². The molecule has 0 unspecified atom stereocenters. The van der Waals surface area contributed by atoms with Gasteiger partial charge in [-0.15, -0.1) is 0 Å². The predicted molar refractivity (Wildman–Crippen MR) is 84.2 cm³/mol. The van der Waals surface area contributed by atoms with Crippen LogP contribution < -0.4 is 5.73 Å². The van der Waals surface area contributed by atoms with Gasteiger partial charge in [-0.25, -0.2) is 4.39 Å². The Morgan fingerprint density at radius 2 is 1.90 bits per heavy atom. The second-order valence-corrected chi connectivity index (χ2v) is 5.57. The maximum absolute atomic E-state index is 13.3. The molecule has 0 aliphatic carbocycles. The highest BCUT2D eigenvalue weighted by molar-refractivity contribution is 9.10. The molecule has 5 heteroatoms. The summed E-state index contributed by atoms with van der Waals surface area (Å²) < 4.78 is 19.2. The Kier molecular flexibility index (Phi) is 3.51. The molecule has 0 atom stereocenters. The number of hydrogen-bond donors (Lipinski definition) is 1. The van der Waals surface area contributed by atoms with Gasteiger partial charge in [-0.1, -0.05) is 29.4 Å². The number of aryl methyl sites for hydroxylation is 1. The van der Waals surface area contributed by atoms with E-state index in [4.69, 9.17) is 10.3 Å². The van der Waals surface area contributed by atoms with Crippen molar-refractivity contribution in [2.75, 3.05) is 5.73 Å². The summed E-state index contributed by atoms with van der Waals surface area (Å²) >= 11 is 3.35. The molecule has 0 saturated heterocycles. The molecule has 3 rings (SSSR count). The van der Waals surface area contributed by atoms with E-state index in [1.165, 1.54) is 12.1 Å². The maximum atomic E-state index is 13.3. The normalized spacial score (nSPS) is 10.8. The third kappa shape index (κ3) is 2.45. The fourth-order valence-corrected chi connectivity index (χ4v) is 2.80. The summed E-state index contributed by atoms with van der Waals surface area (Å²) in [7, 11) is 0. The molecule has 3 nitrogen and oxygen atoms in total. The van der Waals surface area contributed by atoms with Gasteiger partial charge in [-0.3, -0.25) is 0 Å². The zero-order chi connectivity index (χ0) is 15.0. The van der Waals surface area contributed by atoms with E-state index in [0.29, 0.717) is 21.6 Å². The molecule has 2 aromatic carbocycles. The van der Waals surface area contributed by atoms with Crippen LogP contribution >= 0.6 is 15.9 Å². The van der Waals surface area contributed by atoms with Crippen LogP contribution in [0, 0.1) is 12.7 Å². The molecular formula is C16H12BrFN2O. The first kappa shape index (κ1) is 13.8. The molecule has 0 fully saturated rings. The summed E-state index contributed by atoms with van der Waals surface area (Å²) in [6, 6.07) is 12.2. The number of aromatic nitrogens is 1. The SMILES string of the molecule is Cc1ccccc1-c1c(N)noc1-c1ccc(F)cc1Br. The van der Waals surface area contributed by atoms with Crippen LogP contribution in [-0.2, 0) is 0 Å². The van der Waals surface area contributed by atoms with Crippen LogP contribution in [0.3, 0.4) is 0 Å². The first-order chi connectivity index (χ1) is 10.1. The average Bonchev–Trinajstić information content (AvgIpc) is 2.81. The number of nitrogens with zero attached hydrogens (tertiary/aromatic N) is 1. The predicted octanol–water partition coefficient (Wildman–Crippen LogP) is 4.80. The van der Waals surface area contributed by atoms with Crippen molar-refractivity contribution >= 4 is 21.7 Å². The van der Waals surface area contributed by atoms with Gasteiger partial charge in [0.2, 0.25) is 0 Å².